The summed E-state index contributed by atoms with van der Waals surface area (Å²) in [5, 5.41) is 0. The second-order valence-corrected chi connectivity index (χ2v) is 8.50. The van der Waals surface area contributed by atoms with Gasteiger partial charge in [-0.25, -0.2) is 0 Å². The van der Waals surface area contributed by atoms with Gasteiger partial charge in [-0.1, -0.05) is 67.0 Å². The first-order valence-electron chi connectivity index (χ1n) is 11.3. The van der Waals surface area contributed by atoms with E-state index < -0.39 is 55.8 Å². The van der Waals surface area contributed by atoms with E-state index in [2.05, 4.69) is 9.47 Å². The summed E-state index contributed by atoms with van der Waals surface area (Å²) >= 11 is 0. The molecule has 1 saturated carbocycles. The van der Waals surface area contributed by atoms with E-state index >= 15 is 0 Å². The van der Waals surface area contributed by atoms with Crippen LogP contribution in [0.3, 0.4) is 0 Å². The maximum Gasteiger partial charge on any atom is 0.422 e. The summed E-state index contributed by atoms with van der Waals surface area (Å²) in [7, 11) is 0. The van der Waals surface area contributed by atoms with Gasteiger partial charge in [-0.3, -0.25) is 9.59 Å². The fourth-order valence-corrected chi connectivity index (χ4v) is 3.80. The molecule has 1 aliphatic carbocycles. The standard InChI is InChI=1S/C25H28F6O4/c26-24(27,28)17-34-21(32)23(16-20-13-6-3-7-14-20,22(33)35-18-25(29,30)31)15-9-8-12-19-10-4-1-2-5-11-19/h3,6-9,12-14H,1-2,4-5,10-11,15-18H2/b9-8+. The molecular weight excluding hydrogens is 478 g/mol. The van der Waals surface area contributed by atoms with Crippen LogP contribution in [0.5, 0.6) is 0 Å². The highest BCUT2D eigenvalue weighted by atomic mass is 19.4. The number of carbonyl (C=O) groups is 2. The van der Waals surface area contributed by atoms with E-state index in [0.29, 0.717) is 5.56 Å². The number of rotatable bonds is 9. The molecule has 1 fully saturated rings. The van der Waals surface area contributed by atoms with Crippen molar-refractivity contribution in [3.8, 4) is 0 Å². The van der Waals surface area contributed by atoms with E-state index in [0.717, 1.165) is 44.1 Å². The highest BCUT2D eigenvalue weighted by molar-refractivity contribution is 6.00. The van der Waals surface area contributed by atoms with Crippen molar-refractivity contribution in [2.75, 3.05) is 13.2 Å². The lowest BCUT2D eigenvalue weighted by Crippen LogP contribution is -2.45. The maximum absolute atomic E-state index is 12.9. The van der Waals surface area contributed by atoms with Crippen LogP contribution in [0.1, 0.15) is 50.5 Å². The molecule has 0 saturated heterocycles. The van der Waals surface area contributed by atoms with Crippen LogP contribution < -0.4 is 0 Å². The summed E-state index contributed by atoms with van der Waals surface area (Å²) in [6, 6.07) is 7.76. The van der Waals surface area contributed by atoms with Crippen molar-refractivity contribution in [2.45, 2.75) is 63.7 Å². The molecule has 0 unspecified atom stereocenters. The van der Waals surface area contributed by atoms with Crippen LogP contribution >= 0.6 is 0 Å². The van der Waals surface area contributed by atoms with Gasteiger partial charge in [0.15, 0.2) is 18.6 Å². The highest BCUT2D eigenvalue weighted by Gasteiger charge is 2.50. The highest BCUT2D eigenvalue weighted by Crippen LogP contribution is 2.34. The Bertz CT molecular complexity index is 847. The van der Waals surface area contributed by atoms with Gasteiger partial charge < -0.3 is 9.47 Å². The minimum absolute atomic E-state index is 0.343. The summed E-state index contributed by atoms with van der Waals surface area (Å²) in [5.74, 6) is -3.20. The lowest BCUT2D eigenvalue weighted by atomic mass is 9.78. The quantitative estimate of drug-likeness (QED) is 0.163. The van der Waals surface area contributed by atoms with E-state index in [4.69, 9.17) is 0 Å². The van der Waals surface area contributed by atoms with Crippen LogP contribution in [0, 0.1) is 5.41 Å². The van der Waals surface area contributed by atoms with Crippen molar-refractivity contribution >= 4 is 11.9 Å². The van der Waals surface area contributed by atoms with Gasteiger partial charge in [-0.05, 0) is 44.1 Å². The number of ether oxygens (including phenoxy) is 2. The summed E-state index contributed by atoms with van der Waals surface area (Å²) < 4.78 is 85.0. The van der Waals surface area contributed by atoms with Gasteiger partial charge in [0.25, 0.3) is 0 Å². The molecule has 0 N–H and O–H groups in total. The van der Waals surface area contributed by atoms with Crippen LogP contribution in [0.2, 0.25) is 0 Å². The maximum atomic E-state index is 12.9. The summed E-state index contributed by atoms with van der Waals surface area (Å²) in [6.07, 6.45) is -0.0130. The third kappa shape index (κ3) is 10.2. The fourth-order valence-electron chi connectivity index (χ4n) is 3.80. The average Bonchev–Trinajstić information content (AvgIpc) is 3.06. The van der Waals surface area contributed by atoms with E-state index in [-0.39, 0.29) is 0 Å². The van der Waals surface area contributed by atoms with Crippen LogP contribution in [-0.4, -0.2) is 37.5 Å². The first-order chi connectivity index (χ1) is 16.4. The molecule has 2 rings (SSSR count). The Hall–Kier alpha value is -2.78. The molecule has 4 nitrogen and oxygen atoms in total. The first-order valence-corrected chi connectivity index (χ1v) is 11.3. The van der Waals surface area contributed by atoms with Crippen LogP contribution in [0.15, 0.2) is 54.1 Å². The second-order valence-electron chi connectivity index (χ2n) is 8.50. The van der Waals surface area contributed by atoms with Gasteiger partial charge in [-0.15, -0.1) is 0 Å². The second kappa shape index (κ2) is 12.8. The molecule has 0 radical (unpaired) electrons. The molecule has 0 aromatic heterocycles. The minimum Gasteiger partial charge on any atom is -0.455 e. The minimum atomic E-state index is -4.89. The normalized spacial score (nSPS) is 15.5. The van der Waals surface area contributed by atoms with E-state index in [1.165, 1.54) is 18.2 Å². The van der Waals surface area contributed by atoms with Gasteiger partial charge in [-0.2, -0.15) is 26.3 Å². The lowest BCUT2D eigenvalue weighted by Gasteiger charge is -2.29. The zero-order valence-corrected chi connectivity index (χ0v) is 19.1. The van der Waals surface area contributed by atoms with Crippen LogP contribution in [0.25, 0.3) is 0 Å². The molecule has 0 spiro atoms. The van der Waals surface area contributed by atoms with Gasteiger partial charge >= 0.3 is 24.3 Å². The van der Waals surface area contributed by atoms with Crippen LogP contribution in [0.4, 0.5) is 26.3 Å². The molecular formula is C25H28F6O4. The Labute approximate surface area is 200 Å². The predicted molar refractivity (Wildman–Crippen MR) is 116 cm³/mol. The van der Waals surface area contributed by atoms with Crippen LogP contribution in [-0.2, 0) is 25.5 Å². The lowest BCUT2D eigenvalue weighted by molar-refractivity contribution is -0.206. The van der Waals surface area contributed by atoms with Gasteiger partial charge in [0.05, 0.1) is 0 Å². The molecule has 1 aliphatic rings. The monoisotopic (exact) mass is 506 g/mol. The van der Waals surface area contributed by atoms with Crippen molar-refractivity contribution in [2.24, 2.45) is 5.41 Å². The predicted octanol–water partition coefficient (Wildman–Crippen LogP) is 6.65. The molecule has 0 amide bonds. The SMILES string of the molecule is O=C(OCC(F)(F)F)C(C/C=C/C=C1CCCCCC1)(Cc1ccccc1)C(=O)OCC(F)(F)F. The summed E-state index contributed by atoms with van der Waals surface area (Å²) in [4.78, 5) is 25.7. The van der Waals surface area contributed by atoms with Gasteiger partial charge in [0.2, 0.25) is 0 Å². The smallest absolute Gasteiger partial charge is 0.422 e. The van der Waals surface area contributed by atoms with Crippen molar-refractivity contribution in [3.63, 3.8) is 0 Å². The Morgan fingerprint density at radius 3 is 1.80 bits per heavy atom. The number of esters is 2. The molecule has 35 heavy (non-hydrogen) atoms. The molecule has 1 aromatic carbocycles. The Balaban J connectivity index is 2.38. The van der Waals surface area contributed by atoms with Crippen molar-refractivity contribution < 1.29 is 45.4 Å². The van der Waals surface area contributed by atoms with Gasteiger partial charge in [0, 0.05) is 0 Å². The molecule has 1 aromatic rings. The van der Waals surface area contributed by atoms with Crippen molar-refractivity contribution in [1.82, 2.24) is 0 Å². The van der Waals surface area contributed by atoms with E-state index in [9.17, 15) is 35.9 Å². The molecule has 194 valence electrons. The third-order valence-corrected chi connectivity index (χ3v) is 5.54. The number of hydrogen-bond donors (Lipinski definition) is 0. The van der Waals surface area contributed by atoms with Crippen molar-refractivity contribution in [1.29, 1.82) is 0 Å². The Kier molecular flexibility index (Phi) is 10.4. The molecule has 0 atom stereocenters. The number of benzene rings is 1. The summed E-state index contributed by atoms with van der Waals surface area (Å²) in [5.41, 5.74) is -0.946. The molecule has 0 aliphatic heterocycles. The average molecular weight is 506 g/mol. The fraction of sp³-hybridized carbons (Fsp3) is 0.520. The number of halogens is 6. The molecule has 0 bridgehead atoms. The van der Waals surface area contributed by atoms with Crippen molar-refractivity contribution in [3.05, 3.63) is 59.7 Å². The Morgan fingerprint density at radius 2 is 1.31 bits per heavy atom. The first kappa shape index (κ1) is 28.5. The third-order valence-electron chi connectivity index (χ3n) is 5.54. The molecule has 10 heteroatoms. The largest absolute Gasteiger partial charge is 0.455 e. The van der Waals surface area contributed by atoms with E-state index in [1.54, 1.807) is 30.4 Å². The number of allylic oxidation sites excluding steroid dienone is 4. The number of alkyl halides is 6. The van der Waals surface area contributed by atoms with E-state index in [1.807, 2.05) is 0 Å². The molecule has 0 heterocycles. The Morgan fingerprint density at radius 1 is 0.800 bits per heavy atom. The topological polar surface area (TPSA) is 52.6 Å². The zero-order valence-electron chi connectivity index (χ0n) is 19.1. The number of carbonyl (C=O) groups excluding carboxylic acids is 2. The van der Waals surface area contributed by atoms with Gasteiger partial charge in [0.1, 0.15) is 0 Å². The number of hydrogen-bond acceptors (Lipinski definition) is 4. The zero-order chi connectivity index (χ0) is 26.0. The summed E-state index contributed by atoms with van der Waals surface area (Å²) in [6.45, 7) is -3.97.